The predicted octanol–water partition coefficient (Wildman–Crippen LogP) is 10.6. The second kappa shape index (κ2) is 24.0. The fourth-order valence-corrected chi connectivity index (χ4v) is 4.28. The molecule has 0 aliphatic rings. The van der Waals surface area contributed by atoms with E-state index in [-0.39, 0.29) is 0 Å². The molecule has 1 unspecified atom stereocenters. The van der Waals surface area contributed by atoms with Crippen LogP contribution in [0, 0.1) is 5.92 Å². The van der Waals surface area contributed by atoms with Crippen LogP contribution in [0.25, 0.3) is 0 Å². The SMILES string of the molecule is CCCCCCCCCCCCCCC(C)CCCCCCCCCCC. The second-order valence-corrected chi connectivity index (χ2v) is 9.40. The molecule has 164 valence electrons. The van der Waals surface area contributed by atoms with Crippen molar-refractivity contribution in [2.75, 3.05) is 0 Å². The van der Waals surface area contributed by atoms with E-state index in [1.165, 1.54) is 148 Å². The van der Waals surface area contributed by atoms with Crippen LogP contribution in [0.2, 0.25) is 0 Å². The Morgan fingerprint density at radius 3 is 0.815 bits per heavy atom. The lowest BCUT2D eigenvalue weighted by Gasteiger charge is -2.11. The monoisotopic (exact) mass is 380 g/mol. The molecule has 0 amide bonds. The summed E-state index contributed by atoms with van der Waals surface area (Å²) < 4.78 is 0. The molecule has 0 bridgehead atoms. The Morgan fingerprint density at radius 1 is 0.333 bits per heavy atom. The van der Waals surface area contributed by atoms with Crippen molar-refractivity contribution in [1.82, 2.24) is 0 Å². The van der Waals surface area contributed by atoms with Crippen molar-refractivity contribution in [3.8, 4) is 0 Å². The minimum atomic E-state index is 0.970. The Balaban J connectivity index is 3.12. The van der Waals surface area contributed by atoms with E-state index in [2.05, 4.69) is 20.8 Å². The Hall–Kier alpha value is 0. The molecule has 0 aliphatic heterocycles. The predicted molar refractivity (Wildman–Crippen MR) is 127 cm³/mol. The summed E-state index contributed by atoms with van der Waals surface area (Å²) in [5.41, 5.74) is 0. The third kappa shape index (κ3) is 24.0. The van der Waals surface area contributed by atoms with Crippen LogP contribution < -0.4 is 0 Å². The van der Waals surface area contributed by atoms with Crippen LogP contribution in [0.3, 0.4) is 0 Å². The molecule has 1 atom stereocenters. The molecular weight excluding hydrogens is 324 g/mol. The van der Waals surface area contributed by atoms with Gasteiger partial charge in [0.25, 0.3) is 0 Å². The summed E-state index contributed by atoms with van der Waals surface area (Å²) >= 11 is 0. The fraction of sp³-hybridized carbons (Fsp3) is 1.00. The first-order valence-electron chi connectivity index (χ1n) is 13.3. The van der Waals surface area contributed by atoms with Gasteiger partial charge in [0.2, 0.25) is 0 Å². The number of rotatable bonds is 23. The zero-order chi connectivity index (χ0) is 19.8. The van der Waals surface area contributed by atoms with E-state index in [1.807, 2.05) is 0 Å². The van der Waals surface area contributed by atoms with Gasteiger partial charge in [0, 0.05) is 0 Å². The Kier molecular flexibility index (Phi) is 24.0. The van der Waals surface area contributed by atoms with E-state index in [9.17, 15) is 0 Å². The summed E-state index contributed by atoms with van der Waals surface area (Å²) in [5.74, 6) is 0.970. The highest BCUT2D eigenvalue weighted by Gasteiger charge is 2.02. The lowest BCUT2D eigenvalue weighted by Crippen LogP contribution is -1.95. The van der Waals surface area contributed by atoms with Gasteiger partial charge in [0.05, 0.1) is 0 Å². The quantitative estimate of drug-likeness (QED) is 0.155. The van der Waals surface area contributed by atoms with Crippen LogP contribution in [-0.4, -0.2) is 0 Å². The van der Waals surface area contributed by atoms with Crippen LogP contribution >= 0.6 is 0 Å². The van der Waals surface area contributed by atoms with Gasteiger partial charge in [-0.05, 0) is 5.92 Å². The molecule has 27 heavy (non-hydrogen) atoms. The number of unbranched alkanes of at least 4 members (excludes halogenated alkanes) is 19. The average molecular weight is 381 g/mol. The molecule has 0 N–H and O–H groups in total. The van der Waals surface area contributed by atoms with Crippen LogP contribution in [0.1, 0.15) is 168 Å². The van der Waals surface area contributed by atoms with E-state index in [0.29, 0.717) is 0 Å². The molecular formula is C27H56. The molecule has 0 aromatic heterocycles. The van der Waals surface area contributed by atoms with Gasteiger partial charge in [-0.1, -0.05) is 168 Å². The smallest absolute Gasteiger partial charge is 0.0443 e. The number of hydrogen-bond donors (Lipinski definition) is 0. The van der Waals surface area contributed by atoms with Gasteiger partial charge in [-0.15, -0.1) is 0 Å². The Morgan fingerprint density at radius 2 is 0.556 bits per heavy atom. The van der Waals surface area contributed by atoms with Gasteiger partial charge in [-0.2, -0.15) is 0 Å². The maximum atomic E-state index is 2.49. The Labute approximate surface area is 174 Å². The molecule has 0 rings (SSSR count). The highest BCUT2D eigenvalue weighted by molar-refractivity contribution is 4.56. The van der Waals surface area contributed by atoms with E-state index < -0.39 is 0 Å². The first kappa shape index (κ1) is 27.0. The second-order valence-electron chi connectivity index (χ2n) is 9.40. The standard InChI is InChI=1S/C27H56/c1-4-6-8-10-12-14-15-16-18-20-22-24-26-27(3)25-23-21-19-17-13-11-9-7-5-2/h27H,4-26H2,1-3H3. The summed E-state index contributed by atoms with van der Waals surface area (Å²) in [6.07, 6.45) is 33.8. The van der Waals surface area contributed by atoms with Crippen LogP contribution in [-0.2, 0) is 0 Å². The first-order chi connectivity index (χ1) is 13.3. The van der Waals surface area contributed by atoms with E-state index in [1.54, 1.807) is 0 Å². The van der Waals surface area contributed by atoms with E-state index >= 15 is 0 Å². The average Bonchev–Trinajstić information content (AvgIpc) is 2.67. The summed E-state index contributed by atoms with van der Waals surface area (Å²) in [5, 5.41) is 0. The summed E-state index contributed by atoms with van der Waals surface area (Å²) in [6, 6.07) is 0. The molecule has 0 aliphatic carbocycles. The molecule has 0 saturated heterocycles. The van der Waals surface area contributed by atoms with E-state index in [4.69, 9.17) is 0 Å². The summed E-state index contributed by atoms with van der Waals surface area (Å²) in [7, 11) is 0. The zero-order valence-corrected chi connectivity index (χ0v) is 19.8. The van der Waals surface area contributed by atoms with Crippen molar-refractivity contribution in [3.63, 3.8) is 0 Å². The molecule has 0 heterocycles. The van der Waals surface area contributed by atoms with Crippen molar-refractivity contribution in [2.45, 2.75) is 168 Å². The fourth-order valence-electron chi connectivity index (χ4n) is 4.28. The minimum Gasteiger partial charge on any atom is -0.0654 e. The lowest BCUT2D eigenvalue weighted by atomic mass is 9.95. The summed E-state index contributed by atoms with van der Waals surface area (Å²) in [4.78, 5) is 0. The maximum Gasteiger partial charge on any atom is -0.0443 e. The van der Waals surface area contributed by atoms with Crippen molar-refractivity contribution in [1.29, 1.82) is 0 Å². The molecule has 0 nitrogen and oxygen atoms in total. The first-order valence-corrected chi connectivity index (χ1v) is 13.3. The molecule has 0 spiro atoms. The van der Waals surface area contributed by atoms with Crippen LogP contribution in [0.4, 0.5) is 0 Å². The normalized spacial score (nSPS) is 12.6. The zero-order valence-electron chi connectivity index (χ0n) is 19.8. The van der Waals surface area contributed by atoms with Crippen LogP contribution in [0.5, 0.6) is 0 Å². The molecule has 0 aromatic rings. The highest BCUT2D eigenvalue weighted by Crippen LogP contribution is 2.19. The summed E-state index contributed by atoms with van der Waals surface area (Å²) in [6.45, 7) is 7.10. The van der Waals surface area contributed by atoms with Gasteiger partial charge in [0.1, 0.15) is 0 Å². The van der Waals surface area contributed by atoms with Crippen molar-refractivity contribution >= 4 is 0 Å². The molecule has 0 radical (unpaired) electrons. The largest absolute Gasteiger partial charge is 0.0654 e. The molecule has 0 heteroatoms. The molecule has 0 saturated carbocycles. The van der Waals surface area contributed by atoms with Crippen molar-refractivity contribution in [2.24, 2.45) is 5.92 Å². The lowest BCUT2D eigenvalue weighted by molar-refractivity contribution is 0.430. The van der Waals surface area contributed by atoms with Crippen molar-refractivity contribution in [3.05, 3.63) is 0 Å². The third-order valence-corrected chi connectivity index (χ3v) is 6.35. The van der Waals surface area contributed by atoms with Crippen LogP contribution in [0.15, 0.2) is 0 Å². The van der Waals surface area contributed by atoms with E-state index in [0.717, 1.165) is 5.92 Å². The molecule has 0 aromatic carbocycles. The van der Waals surface area contributed by atoms with Gasteiger partial charge in [-0.3, -0.25) is 0 Å². The Bertz CT molecular complexity index is 244. The van der Waals surface area contributed by atoms with Gasteiger partial charge in [-0.25, -0.2) is 0 Å². The minimum absolute atomic E-state index is 0.970. The topological polar surface area (TPSA) is 0 Å². The van der Waals surface area contributed by atoms with Gasteiger partial charge < -0.3 is 0 Å². The highest BCUT2D eigenvalue weighted by atomic mass is 14.1. The third-order valence-electron chi connectivity index (χ3n) is 6.35. The number of hydrogen-bond acceptors (Lipinski definition) is 0. The van der Waals surface area contributed by atoms with Gasteiger partial charge in [0.15, 0.2) is 0 Å². The maximum absolute atomic E-state index is 2.49. The van der Waals surface area contributed by atoms with Crippen molar-refractivity contribution < 1.29 is 0 Å². The molecule has 0 fully saturated rings. The van der Waals surface area contributed by atoms with Gasteiger partial charge >= 0.3 is 0 Å².